The van der Waals surface area contributed by atoms with E-state index in [1.165, 1.54) is 0 Å². The molecule has 0 bridgehead atoms. The van der Waals surface area contributed by atoms with Gasteiger partial charge >= 0.3 is 0 Å². The normalized spacial score (nSPS) is 29.8. The van der Waals surface area contributed by atoms with Crippen molar-refractivity contribution in [2.75, 3.05) is 7.11 Å². The molecular formula is C10H16O. The molecule has 1 rings (SSSR count). The third-order valence-electron chi connectivity index (χ3n) is 2.17. The summed E-state index contributed by atoms with van der Waals surface area (Å²) in [6.45, 7) is 4.44. The molecule has 0 N–H and O–H groups in total. The van der Waals surface area contributed by atoms with Gasteiger partial charge in [0.1, 0.15) is 0 Å². The van der Waals surface area contributed by atoms with Gasteiger partial charge in [-0.2, -0.15) is 0 Å². The van der Waals surface area contributed by atoms with E-state index < -0.39 is 0 Å². The van der Waals surface area contributed by atoms with Gasteiger partial charge in [0.05, 0.1) is 6.10 Å². The molecule has 0 fully saturated rings. The molecule has 0 heterocycles. The van der Waals surface area contributed by atoms with Crippen molar-refractivity contribution in [3.8, 4) is 0 Å². The maximum absolute atomic E-state index is 5.33. The van der Waals surface area contributed by atoms with Crippen molar-refractivity contribution in [3.05, 3.63) is 24.3 Å². The van der Waals surface area contributed by atoms with E-state index in [-0.39, 0.29) is 6.10 Å². The summed E-state index contributed by atoms with van der Waals surface area (Å²) in [4.78, 5) is 0. The molecule has 0 aliphatic heterocycles. The Balaban J connectivity index is 2.63. The van der Waals surface area contributed by atoms with Gasteiger partial charge in [-0.25, -0.2) is 0 Å². The van der Waals surface area contributed by atoms with Crippen LogP contribution in [0, 0.1) is 11.8 Å². The first-order valence-electron chi connectivity index (χ1n) is 4.13. The standard InChI is InChI=1S/C10H16O/c1-8(2)9-6-4-5-7-10(9)11-3/h4-10H,1-3H3. The molecule has 62 valence electrons. The van der Waals surface area contributed by atoms with Crippen LogP contribution in [0.15, 0.2) is 24.3 Å². The summed E-state index contributed by atoms with van der Waals surface area (Å²) in [5.41, 5.74) is 0. The molecule has 0 aromatic heterocycles. The monoisotopic (exact) mass is 152 g/mol. The first-order chi connectivity index (χ1) is 5.25. The van der Waals surface area contributed by atoms with Gasteiger partial charge in [-0.3, -0.25) is 0 Å². The van der Waals surface area contributed by atoms with Crippen LogP contribution in [0.1, 0.15) is 13.8 Å². The van der Waals surface area contributed by atoms with Gasteiger partial charge in [-0.1, -0.05) is 38.2 Å². The van der Waals surface area contributed by atoms with E-state index in [4.69, 9.17) is 4.74 Å². The minimum absolute atomic E-state index is 0.278. The molecule has 2 unspecified atom stereocenters. The van der Waals surface area contributed by atoms with Crippen LogP contribution in [-0.4, -0.2) is 13.2 Å². The zero-order valence-corrected chi connectivity index (χ0v) is 7.45. The smallest absolute Gasteiger partial charge is 0.0820 e. The van der Waals surface area contributed by atoms with E-state index in [9.17, 15) is 0 Å². The fourth-order valence-electron chi connectivity index (χ4n) is 1.44. The summed E-state index contributed by atoms with van der Waals surface area (Å²) < 4.78 is 5.33. The molecule has 0 saturated carbocycles. The highest BCUT2D eigenvalue weighted by atomic mass is 16.5. The second kappa shape index (κ2) is 3.72. The van der Waals surface area contributed by atoms with E-state index in [1.54, 1.807) is 7.11 Å². The molecule has 1 heteroatoms. The Bertz CT molecular complexity index is 168. The summed E-state index contributed by atoms with van der Waals surface area (Å²) in [6.07, 6.45) is 8.76. The lowest BCUT2D eigenvalue weighted by atomic mass is 9.87. The van der Waals surface area contributed by atoms with Crippen LogP contribution in [0.4, 0.5) is 0 Å². The SMILES string of the molecule is COC1C=CC=CC1C(C)C. The first kappa shape index (κ1) is 8.54. The minimum atomic E-state index is 0.278. The zero-order valence-electron chi connectivity index (χ0n) is 7.45. The molecule has 11 heavy (non-hydrogen) atoms. The maximum atomic E-state index is 5.33. The Morgan fingerprint density at radius 1 is 1.18 bits per heavy atom. The topological polar surface area (TPSA) is 9.23 Å². The lowest BCUT2D eigenvalue weighted by Gasteiger charge is -2.25. The average Bonchev–Trinajstić information content (AvgIpc) is 2.04. The van der Waals surface area contributed by atoms with Crippen LogP contribution in [0.3, 0.4) is 0 Å². The molecule has 0 aromatic rings. The number of ether oxygens (including phenoxy) is 1. The van der Waals surface area contributed by atoms with E-state index in [0.29, 0.717) is 11.8 Å². The molecular weight excluding hydrogens is 136 g/mol. The quantitative estimate of drug-likeness (QED) is 0.590. The van der Waals surface area contributed by atoms with E-state index in [0.717, 1.165) is 0 Å². The Morgan fingerprint density at radius 2 is 1.82 bits per heavy atom. The van der Waals surface area contributed by atoms with Crippen molar-refractivity contribution in [3.63, 3.8) is 0 Å². The minimum Gasteiger partial charge on any atom is -0.377 e. The first-order valence-corrected chi connectivity index (χ1v) is 4.13. The van der Waals surface area contributed by atoms with Gasteiger partial charge < -0.3 is 4.74 Å². The largest absolute Gasteiger partial charge is 0.377 e. The molecule has 0 saturated heterocycles. The Hall–Kier alpha value is -0.560. The maximum Gasteiger partial charge on any atom is 0.0820 e. The van der Waals surface area contributed by atoms with E-state index >= 15 is 0 Å². The number of allylic oxidation sites excluding steroid dienone is 2. The fraction of sp³-hybridized carbons (Fsp3) is 0.600. The van der Waals surface area contributed by atoms with E-state index in [2.05, 4.69) is 32.1 Å². The molecule has 0 radical (unpaired) electrons. The zero-order chi connectivity index (χ0) is 8.27. The van der Waals surface area contributed by atoms with Crippen LogP contribution >= 0.6 is 0 Å². The third-order valence-corrected chi connectivity index (χ3v) is 2.17. The summed E-state index contributed by atoms with van der Waals surface area (Å²) in [5.74, 6) is 1.20. The molecule has 0 spiro atoms. The predicted octanol–water partition coefficient (Wildman–Crippen LogP) is 2.40. The van der Waals surface area contributed by atoms with Crippen LogP contribution in [-0.2, 0) is 4.74 Å². The van der Waals surface area contributed by atoms with Gasteiger partial charge in [0.15, 0.2) is 0 Å². The van der Waals surface area contributed by atoms with Gasteiger partial charge in [0, 0.05) is 13.0 Å². The third kappa shape index (κ3) is 1.93. The average molecular weight is 152 g/mol. The molecule has 1 nitrogen and oxygen atoms in total. The van der Waals surface area contributed by atoms with Crippen LogP contribution < -0.4 is 0 Å². The number of methoxy groups -OCH3 is 1. The summed E-state index contributed by atoms with van der Waals surface area (Å²) in [7, 11) is 1.77. The lowest BCUT2D eigenvalue weighted by Crippen LogP contribution is -2.24. The number of rotatable bonds is 2. The Kier molecular flexibility index (Phi) is 2.89. The fourth-order valence-corrected chi connectivity index (χ4v) is 1.44. The molecule has 0 amide bonds. The van der Waals surface area contributed by atoms with E-state index in [1.807, 2.05) is 6.08 Å². The summed E-state index contributed by atoms with van der Waals surface area (Å²) in [6, 6.07) is 0. The molecule has 0 aromatic carbocycles. The molecule has 2 atom stereocenters. The predicted molar refractivity (Wildman–Crippen MR) is 47.4 cm³/mol. The highest BCUT2D eigenvalue weighted by Gasteiger charge is 2.20. The van der Waals surface area contributed by atoms with Gasteiger partial charge in [0.25, 0.3) is 0 Å². The van der Waals surface area contributed by atoms with Crippen LogP contribution in [0.2, 0.25) is 0 Å². The van der Waals surface area contributed by atoms with Gasteiger partial charge in [0.2, 0.25) is 0 Å². The van der Waals surface area contributed by atoms with Crippen molar-refractivity contribution >= 4 is 0 Å². The van der Waals surface area contributed by atoms with Gasteiger partial charge in [-0.15, -0.1) is 0 Å². The second-order valence-corrected chi connectivity index (χ2v) is 3.29. The summed E-state index contributed by atoms with van der Waals surface area (Å²) >= 11 is 0. The van der Waals surface area contributed by atoms with Crippen LogP contribution in [0.25, 0.3) is 0 Å². The summed E-state index contributed by atoms with van der Waals surface area (Å²) in [5, 5.41) is 0. The van der Waals surface area contributed by atoms with Crippen LogP contribution in [0.5, 0.6) is 0 Å². The highest BCUT2D eigenvalue weighted by Crippen LogP contribution is 2.22. The Labute approximate surface area is 68.8 Å². The second-order valence-electron chi connectivity index (χ2n) is 3.29. The van der Waals surface area contributed by atoms with Crippen molar-refractivity contribution in [2.24, 2.45) is 11.8 Å². The number of hydrogen-bond donors (Lipinski definition) is 0. The molecule has 1 aliphatic rings. The molecule has 1 aliphatic carbocycles. The Morgan fingerprint density at radius 3 is 2.27 bits per heavy atom. The van der Waals surface area contributed by atoms with Crippen molar-refractivity contribution in [2.45, 2.75) is 20.0 Å². The highest BCUT2D eigenvalue weighted by molar-refractivity contribution is 5.15. The van der Waals surface area contributed by atoms with Gasteiger partial charge in [-0.05, 0) is 5.92 Å². The van der Waals surface area contributed by atoms with Crippen molar-refractivity contribution in [1.82, 2.24) is 0 Å². The van der Waals surface area contributed by atoms with Crippen molar-refractivity contribution < 1.29 is 4.74 Å². The van der Waals surface area contributed by atoms with Crippen molar-refractivity contribution in [1.29, 1.82) is 0 Å². The lowest BCUT2D eigenvalue weighted by molar-refractivity contribution is 0.0883. The number of hydrogen-bond acceptors (Lipinski definition) is 1.